The lowest BCUT2D eigenvalue weighted by Gasteiger charge is -2.12. The maximum absolute atomic E-state index is 12.9. The highest BCUT2D eigenvalue weighted by atomic mass is 127. The van der Waals surface area contributed by atoms with Crippen LogP contribution in [0.3, 0.4) is 0 Å². The van der Waals surface area contributed by atoms with Gasteiger partial charge in [-0.1, -0.05) is 18.2 Å². The van der Waals surface area contributed by atoms with Gasteiger partial charge in [-0.25, -0.2) is 4.99 Å². The van der Waals surface area contributed by atoms with Crippen molar-refractivity contribution in [2.75, 3.05) is 0 Å². The summed E-state index contributed by atoms with van der Waals surface area (Å²) in [6.45, 7) is 2.91. The normalized spacial score (nSPS) is 11.8. The van der Waals surface area contributed by atoms with Crippen molar-refractivity contribution < 1.29 is 13.2 Å². The Morgan fingerprint density at radius 2 is 1.90 bits per heavy atom. The largest absolute Gasteiger partial charge is 0.416 e. The van der Waals surface area contributed by atoms with Gasteiger partial charge in [0, 0.05) is 11.9 Å². The Labute approximate surface area is 193 Å². The van der Waals surface area contributed by atoms with Gasteiger partial charge in [0.15, 0.2) is 11.8 Å². The smallest absolute Gasteiger partial charge is 0.351 e. The number of aryl methyl sites for hydroxylation is 1. The van der Waals surface area contributed by atoms with Crippen molar-refractivity contribution in [1.29, 1.82) is 0 Å². The number of aromatic nitrogens is 3. The van der Waals surface area contributed by atoms with Gasteiger partial charge in [0.05, 0.1) is 25.2 Å². The molecule has 0 radical (unpaired) electrons. The molecule has 3 aromatic rings. The van der Waals surface area contributed by atoms with Crippen LogP contribution in [0.1, 0.15) is 27.7 Å². The van der Waals surface area contributed by atoms with Crippen molar-refractivity contribution in [2.45, 2.75) is 32.7 Å². The van der Waals surface area contributed by atoms with E-state index in [-0.39, 0.29) is 30.5 Å². The van der Waals surface area contributed by atoms with Gasteiger partial charge in [-0.2, -0.15) is 13.2 Å². The van der Waals surface area contributed by atoms with E-state index >= 15 is 0 Å². The maximum atomic E-state index is 12.9. The van der Waals surface area contributed by atoms with E-state index in [0.29, 0.717) is 24.6 Å². The van der Waals surface area contributed by atoms with E-state index in [0.717, 1.165) is 28.7 Å². The number of guanidine groups is 1. The molecule has 0 unspecified atom stereocenters. The zero-order chi connectivity index (χ0) is 20.9. The molecule has 1 aromatic carbocycles. The lowest BCUT2D eigenvalue weighted by molar-refractivity contribution is -0.137. The predicted octanol–water partition coefficient (Wildman–Crippen LogP) is 4.26. The summed E-state index contributed by atoms with van der Waals surface area (Å²) < 4.78 is 40.6. The fourth-order valence-corrected chi connectivity index (χ4v) is 3.19. The van der Waals surface area contributed by atoms with Crippen LogP contribution in [-0.2, 0) is 32.9 Å². The Kier molecular flexibility index (Phi) is 8.65. The van der Waals surface area contributed by atoms with Crippen molar-refractivity contribution in [1.82, 2.24) is 25.4 Å². The van der Waals surface area contributed by atoms with Gasteiger partial charge in [-0.15, -0.1) is 45.5 Å². The first kappa shape index (κ1) is 24.1. The number of halogens is 4. The van der Waals surface area contributed by atoms with Crippen molar-refractivity contribution in [3.8, 4) is 0 Å². The molecule has 0 saturated carbocycles. The van der Waals surface area contributed by atoms with Crippen LogP contribution in [0.25, 0.3) is 0 Å². The lowest BCUT2D eigenvalue weighted by Crippen LogP contribution is -2.37. The molecule has 0 atom stereocenters. The van der Waals surface area contributed by atoms with E-state index < -0.39 is 11.7 Å². The third-order valence-electron chi connectivity index (χ3n) is 4.28. The summed E-state index contributed by atoms with van der Waals surface area (Å²) in [5.41, 5.74) is -0.202. The topological polar surface area (TPSA) is 67.1 Å². The fraction of sp³-hybridized carbons (Fsp3) is 0.316. The molecule has 0 spiro atoms. The lowest BCUT2D eigenvalue weighted by atomic mass is 10.1. The minimum Gasteiger partial charge on any atom is -0.351 e. The van der Waals surface area contributed by atoms with Crippen molar-refractivity contribution in [3.63, 3.8) is 0 Å². The van der Waals surface area contributed by atoms with Crippen LogP contribution < -0.4 is 10.6 Å². The van der Waals surface area contributed by atoms with Crippen LogP contribution in [0.4, 0.5) is 13.2 Å². The molecule has 0 aliphatic carbocycles. The maximum Gasteiger partial charge on any atom is 0.416 e. The molecule has 30 heavy (non-hydrogen) atoms. The molecule has 0 aliphatic rings. The van der Waals surface area contributed by atoms with Crippen molar-refractivity contribution >= 4 is 41.3 Å². The Balaban J connectivity index is 0.00000320. The number of benzene rings is 1. The number of alkyl halides is 3. The van der Waals surface area contributed by atoms with Crippen LogP contribution in [0, 0.1) is 6.92 Å². The molecule has 2 heterocycles. The van der Waals surface area contributed by atoms with E-state index in [1.165, 1.54) is 6.07 Å². The summed E-state index contributed by atoms with van der Waals surface area (Å²) in [5, 5.41) is 16.5. The third kappa shape index (κ3) is 6.69. The second kappa shape index (κ2) is 10.8. The third-order valence-corrected chi connectivity index (χ3v) is 5.16. The molecule has 11 heteroatoms. The molecule has 2 aromatic heterocycles. The minimum absolute atomic E-state index is 0. The molecule has 6 nitrogen and oxygen atoms in total. The number of nitrogens with zero attached hydrogens (tertiary/aromatic N) is 4. The summed E-state index contributed by atoms with van der Waals surface area (Å²) in [7, 11) is 1.87. The quantitative estimate of drug-likeness (QED) is 0.274. The first-order valence-corrected chi connectivity index (χ1v) is 9.76. The fourth-order valence-electron chi connectivity index (χ4n) is 2.54. The summed E-state index contributed by atoms with van der Waals surface area (Å²) in [5.74, 6) is 2.00. The zero-order valence-corrected chi connectivity index (χ0v) is 19.5. The Bertz CT molecular complexity index is 969. The molecular formula is C19H22F3IN6S. The van der Waals surface area contributed by atoms with Crippen LogP contribution >= 0.6 is 35.3 Å². The molecule has 162 valence electrons. The summed E-state index contributed by atoms with van der Waals surface area (Å²) in [6.07, 6.45) is -4.37. The van der Waals surface area contributed by atoms with Crippen LogP contribution in [-0.4, -0.2) is 20.7 Å². The molecular weight excluding hydrogens is 528 g/mol. The Morgan fingerprint density at radius 3 is 2.53 bits per heavy atom. The Hall–Kier alpha value is -2.15. The molecule has 0 saturated heterocycles. The summed E-state index contributed by atoms with van der Waals surface area (Å²) in [4.78, 5) is 5.56. The van der Waals surface area contributed by atoms with E-state index in [1.54, 1.807) is 17.4 Å². The van der Waals surface area contributed by atoms with Crippen molar-refractivity contribution in [2.24, 2.45) is 12.0 Å². The van der Waals surface area contributed by atoms with Crippen LogP contribution in [0.5, 0.6) is 0 Å². The SMILES string of the molecule is Cc1nnc(CNC(=NCc2cccc(C(F)(F)F)c2)NCc2cccs2)n1C.I. The van der Waals surface area contributed by atoms with E-state index in [4.69, 9.17) is 0 Å². The predicted molar refractivity (Wildman–Crippen MR) is 122 cm³/mol. The second-order valence-electron chi connectivity index (χ2n) is 6.37. The molecule has 0 aliphatic heterocycles. The highest BCUT2D eigenvalue weighted by Gasteiger charge is 2.30. The minimum atomic E-state index is -4.37. The first-order chi connectivity index (χ1) is 13.8. The highest BCUT2D eigenvalue weighted by Crippen LogP contribution is 2.29. The average Bonchev–Trinajstić information content (AvgIpc) is 3.32. The van der Waals surface area contributed by atoms with Gasteiger partial charge in [0.1, 0.15) is 5.82 Å². The Morgan fingerprint density at radius 1 is 1.13 bits per heavy atom. The van der Waals surface area contributed by atoms with Crippen molar-refractivity contribution in [3.05, 3.63) is 69.4 Å². The van der Waals surface area contributed by atoms with Gasteiger partial charge >= 0.3 is 6.18 Å². The molecule has 0 bridgehead atoms. The highest BCUT2D eigenvalue weighted by molar-refractivity contribution is 14.0. The molecule has 0 fully saturated rings. The summed E-state index contributed by atoms with van der Waals surface area (Å²) in [6, 6.07) is 9.14. The van der Waals surface area contributed by atoms with Crippen LogP contribution in [0.2, 0.25) is 0 Å². The molecule has 2 N–H and O–H groups in total. The van der Waals surface area contributed by atoms with E-state index in [2.05, 4.69) is 25.8 Å². The number of nitrogens with one attached hydrogen (secondary N) is 2. The molecule has 0 amide bonds. The number of hydrogen-bond donors (Lipinski definition) is 2. The number of thiophene rings is 1. The van der Waals surface area contributed by atoms with E-state index in [9.17, 15) is 13.2 Å². The van der Waals surface area contributed by atoms with Crippen LogP contribution in [0.15, 0.2) is 46.8 Å². The number of rotatable bonds is 6. The van der Waals surface area contributed by atoms with Gasteiger partial charge in [-0.05, 0) is 36.1 Å². The van der Waals surface area contributed by atoms with Gasteiger partial charge in [-0.3, -0.25) is 0 Å². The second-order valence-corrected chi connectivity index (χ2v) is 7.40. The average molecular weight is 550 g/mol. The standard InChI is InChI=1S/C19H21F3N6S.HI/c1-13-26-27-17(28(13)2)12-25-18(24-11-16-7-4-8-29-16)23-10-14-5-3-6-15(9-14)19(20,21)22;/h3-9H,10-12H2,1-2H3,(H2,23,24,25);1H. The summed E-state index contributed by atoms with van der Waals surface area (Å²) >= 11 is 1.61. The van der Waals surface area contributed by atoms with Gasteiger partial charge in [0.2, 0.25) is 0 Å². The van der Waals surface area contributed by atoms with Gasteiger partial charge < -0.3 is 15.2 Å². The van der Waals surface area contributed by atoms with E-state index in [1.807, 2.05) is 36.1 Å². The zero-order valence-electron chi connectivity index (χ0n) is 16.4. The first-order valence-electron chi connectivity index (χ1n) is 8.88. The monoisotopic (exact) mass is 550 g/mol. The van der Waals surface area contributed by atoms with Gasteiger partial charge in [0.25, 0.3) is 0 Å². The number of hydrogen-bond acceptors (Lipinski definition) is 4. The number of aliphatic imine (C=N–C) groups is 1. The molecule has 3 rings (SSSR count).